The summed E-state index contributed by atoms with van der Waals surface area (Å²) in [7, 11) is 0. The number of nitro groups is 1. The van der Waals surface area contributed by atoms with Crippen molar-refractivity contribution in [2.75, 3.05) is 0 Å². The second-order valence-corrected chi connectivity index (χ2v) is 4.10. The van der Waals surface area contributed by atoms with Crippen molar-refractivity contribution in [3.05, 3.63) is 38.9 Å². The minimum absolute atomic E-state index is 0.0651. The van der Waals surface area contributed by atoms with E-state index in [0.29, 0.717) is 0 Å². The third kappa shape index (κ3) is 3.65. The fourth-order valence-electron chi connectivity index (χ4n) is 1.38. The van der Waals surface area contributed by atoms with Crippen LogP contribution in [0.1, 0.15) is 23.7 Å². The maximum atomic E-state index is 11.7. The molecule has 1 atom stereocenters. The van der Waals surface area contributed by atoms with Gasteiger partial charge in [0, 0.05) is 11.6 Å². The van der Waals surface area contributed by atoms with Crippen LogP contribution in [0.15, 0.2) is 18.2 Å². The van der Waals surface area contributed by atoms with Gasteiger partial charge in [-0.2, -0.15) is 0 Å². The topological polar surface area (TPSA) is 110 Å². The number of carboxylic acids is 1. The summed E-state index contributed by atoms with van der Waals surface area (Å²) in [4.78, 5) is 32.4. The molecule has 0 aliphatic carbocycles. The van der Waals surface area contributed by atoms with Crippen molar-refractivity contribution < 1.29 is 19.6 Å². The Hall–Kier alpha value is -2.15. The fraction of sp³-hybridized carbons (Fsp3) is 0.273. The zero-order chi connectivity index (χ0) is 14.6. The number of carboxylic acid groups (broad SMARTS) is 1. The molecular formula is C11H11ClN2O5. The number of nitrogens with one attached hydrogen (secondary N) is 1. The average molecular weight is 287 g/mol. The van der Waals surface area contributed by atoms with Crippen LogP contribution in [0, 0.1) is 10.1 Å². The molecule has 0 aliphatic heterocycles. The molecule has 0 saturated heterocycles. The Morgan fingerprint density at radius 1 is 1.53 bits per heavy atom. The largest absolute Gasteiger partial charge is 0.480 e. The molecule has 0 aliphatic rings. The Balaban J connectivity index is 2.92. The highest BCUT2D eigenvalue weighted by molar-refractivity contribution is 6.33. The Morgan fingerprint density at radius 2 is 2.16 bits per heavy atom. The van der Waals surface area contributed by atoms with Crippen LogP contribution in [0.3, 0.4) is 0 Å². The lowest BCUT2D eigenvalue weighted by molar-refractivity contribution is -0.384. The van der Waals surface area contributed by atoms with E-state index < -0.39 is 22.8 Å². The maximum Gasteiger partial charge on any atom is 0.326 e. The average Bonchev–Trinajstić information content (AvgIpc) is 2.34. The lowest BCUT2D eigenvalue weighted by Crippen LogP contribution is -2.40. The monoisotopic (exact) mass is 286 g/mol. The van der Waals surface area contributed by atoms with Gasteiger partial charge in [-0.1, -0.05) is 18.5 Å². The molecule has 1 aromatic carbocycles. The zero-order valence-electron chi connectivity index (χ0n) is 9.92. The first kappa shape index (κ1) is 14.9. The van der Waals surface area contributed by atoms with Crippen LogP contribution in [0.25, 0.3) is 0 Å². The zero-order valence-corrected chi connectivity index (χ0v) is 10.7. The van der Waals surface area contributed by atoms with E-state index in [-0.39, 0.29) is 22.7 Å². The molecule has 1 aromatic rings. The van der Waals surface area contributed by atoms with E-state index in [0.717, 1.165) is 12.1 Å². The highest BCUT2D eigenvalue weighted by atomic mass is 35.5. The van der Waals surface area contributed by atoms with Crippen molar-refractivity contribution in [2.45, 2.75) is 19.4 Å². The van der Waals surface area contributed by atoms with Crippen LogP contribution in [0.4, 0.5) is 5.69 Å². The fourth-order valence-corrected chi connectivity index (χ4v) is 1.63. The number of aliphatic carboxylic acids is 1. The summed E-state index contributed by atoms with van der Waals surface area (Å²) in [5.41, 5.74) is -0.251. The van der Waals surface area contributed by atoms with Crippen molar-refractivity contribution in [1.82, 2.24) is 5.32 Å². The predicted molar refractivity (Wildman–Crippen MR) is 67.3 cm³/mol. The van der Waals surface area contributed by atoms with Crippen LogP contribution in [-0.2, 0) is 4.79 Å². The minimum atomic E-state index is -1.15. The molecule has 1 unspecified atom stereocenters. The molecule has 0 saturated carbocycles. The molecular weight excluding hydrogens is 276 g/mol. The molecule has 0 bridgehead atoms. The van der Waals surface area contributed by atoms with Crippen LogP contribution < -0.4 is 5.32 Å². The van der Waals surface area contributed by atoms with Crippen molar-refractivity contribution in [3.8, 4) is 0 Å². The highest BCUT2D eigenvalue weighted by Gasteiger charge is 2.20. The molecule has 1 rings (SSSR count). The number of benzene rings is 1. The molecule has 102 valence electrons. The molecule has 1 amide bonds. The number of nitro benzene ring substituents is 1. The van der Waals surface area contributed by atoms with Gasteiger partial charge >= 0.3 is 5.97 Å². The summed E-state index contributed by atoms with van der Waals surface area (Å²) in [5, 5.41) is 21.5. The molecule has 2 N–H and O–H groups in total. The van der Waals surface area contributed by atoms with E-state index in [1.165, 1.54) is 6.07 Å². The number of amides is 1. The standard InChI is InChI=1S/C11H11ClN2O5/c1-2-8(11(16)17)13-10(15)6-3-4-9(14(18)19)7(12)5-6/h3-5,8H,2H2,1H3,(H,13,15)(H,16,17). The molecule has 8 heteroatoms. The van der Waals surface area contributed by atoms with Crippen molar-refractivity contribution in [2.24, 2.45) is 0 Å². The van der Waals surface area contributed by atoms with E-state index in [1.54, 1.807) is 6.92 Å². The Morgan fingerprint density at radius 3 is 2.58 bits per heavy atom. The van der Waals surface area contributed by atoms with Crippen LogP contribution >= 0.6 is 11.6 Å². The maximum absolute atomic E-state index is 11.7. The molecule has 0 heterocycles. The van der Waals surface area contributed by atoms with Gasteiger partial charge in [0.05, 0.1) is 4.92 Å². The first-order chi connectivity index (χ1) is 8.86. The third-order valence-electron chi connectivity index (χ3n) is 2.42. The van der Waals surface area contributed by atoms with E-state index in [9.17, 15) is 19.7 Å². The van der Waals surface area contributed by atoms with Gasteiger partial charge in [-0.3, -0.25) is 14.9 Å². The van der Waals surface area contributed by atoms with E-state index in [1.807, 2.05) is 0 Å². The van der Waals surface area contributed by atoms with Gasteiger partial charge in [0.15, 0.2) is 0 Å². The molecule has 19 heavy (non-hydrogen) atoms. The molecule has 7 nitrogen and oxygen atoms in total. The molecule has 0 radical (unpaired) electrons. The van der Waals surface area contributed by atoms with Gasteiger partial charge in [-0.15, -0.1) is 0 Å². The predicted octanol–water partition coefficient (Wildman–Crippen LogP) is 1.84. The van der Waals surface area contributed by atoms with Gasteiger partial charge in [0.2, 0.25) is 0 Å². The highest BCUT2D eigenvalue weighted by Crippen LogP contribution is 2.24. The Labute approximate surface area is 113 Å². The summed E-state index contributed by atoms with van der Waals surface area (Å²) >= 11 is 5.66. The quantitative estimate of drug-likeness (QED) is 0.634. The number of nitrogens with zero attached hydrogens (tertiary/aromatic N) is 1. The van der Waals surface area contributed by atoms with Crippen LogP contribution in [-0.4, -0.2) is 27.9 Å². The first-order valence-electron chi connectivity index (χ1n) is 5.34. The Bertz CT molecular complexity index is 532. The van der Waals surface area contributed by atoms with Crippen molar-refractivity contribution in [3.63, 3.8) is 0 Å². The SMILES string of the molecule is CCC(NC(=O)c1ccc([N+](=O)[O-])c(Cl)c1)C(=O)O. The summed E-state index contributed by atoms with van der Waals surface area (Å²) in [6, 6.07) is 2.43. The molecule has 0 aromatic heterocycles. The molecule has 0 spiro atoms. The second kappa shape index (κ2) is 6.14. The number of rotatable bonds is 5. The normalized spacial score (nSPS) is 11.7. The van der Waals surface area contributed by atoms with E-state index in [4.69, 9.17) is 16.7 Å². The second-order valence-electron chi connectivity index (χ2n) is 3.70. The van der Waals surface area contributed by atoms with Gasteiger partial charge in [0.25, 0.3) is 11.6 Å². The first-order valence-corrected chi connectivity index (χ1v) is 5.72. The summed E-state index contributed by atoms with van der Waals surface area (Å²) < 4.78 is 0. The van der Waals surface area contributed by atoms with Gasteiger partial charge in [0.1, 0.15) is 11.1 Å². The van der Waals surface area contributed by atoms with E-state index >= 15 is 0 Å². The number of carbonyl (C=O) groups excluding carboxylic acids is 1. The summed E-state index contributed by atoms with van der Waals surface area (Å²) in [6.07, 6.45) is 0.224. The number of halogens is 1. The van der Waals surface area contributed by atoms with Gasteiger partial charge < -0.3 is 10.4 Å². The van der Waals surface area contributed by atoms with Gasteiger partial charge in [-0.05, 0) is 18.6 Å². The third-order valence-corrected chi connectivity index (χ3v) is 2.72. The van der Waals surface area contributed by atoms with Crippen LogP contribution in [0.2, 0.25) is 5.02 Å². The van der Waals surface area contributed by atoms with Crippen molar-refractivity contribution >= 4 is 29.2 Å². The number of hydrogen-bond donors (Lipinski definition) is 2. The number of hydrogen-bond acceptors (Lipinski definition) is 4. The van der Waals surface area contributed by atoms with Crippen LogP contribution in [0.5, 0.6) is 0 Å². The Kier molecular flexibility index (Phi) is 4.82. The smallest absolute Gasteiger partial charge is 0.326 e. The van der Waals surface area contributed by atoms with Gasteiger partial charge in [-0.25, -0.2) is 4.79 Å². The molecule has 0 fully saturated rings. The number of carbonyl (C=O) groups is 2. The van der Waals surface area contributed by atoms with E-state index in [2.05, 4.69) is 5.32 Å². The summed E-state index contributed by atoms with van der Waals surface area (Å²) in [6.45, 7) is 1.61. The van der Waals surface area contributed by atoms with Crippen molar-refractivity contribution in [1.29, 1.82) is 0 Å². The lowest BCUT2D eigenvalue weighted by atomic mass is 10.1. The summed E-state index contributed by atoms with van der Waals surface area (Å²) in [5.74, 6) is -1.80. The lowest BCUT2D eigenvalue weighted by Gasteiger charge is -2.12. The minimum Gasteiger partial charge on any atom is -0.480 e.